The number of imide groups is 1. The molecule has 0 radical (unpaired) electrons. The van der Waals surface area contributed by atoms with E-state index in [2.05, 4.69) is 0 Å². The largest absolute Gasteiger partial charge is 0.279 e. The molecule has 2 fully saturated rings. The van der Waals surface area contributed by atoms with E-state index >= 15 is 0 Å². The molecule has 2 amide bonds. The summed E-state index contributed by atoms with van der Waals surface area (Å²) in [6.45, 7) is 0. The van der Waals surface area contributed by atoms with Crippen molar-refractivity contribution in [2.24, 2.45) is 11.8 Å². The Morgan fingerprint density at radius 3 is 2.83 bits per heavy atom. The summed E-state index contributed by atoms with van der Waals surface area (Å²) in [5, 5.41) is 9.33. The number of nitrogens with zero attached hydrogens (tertiary/aromatic N) is 1. The van der Waals surface area contributed by atoms with Gasteiger partial charge in [-0.1, -0.05) is 6.42 Å². The third-order valence-corrected chi connectivity index (χ3v) is 2.86. The molecule has 66 valence electrons. The molecule has 12 heavy (non-hydrogen) atoms. The monoisotopic (exact) mass is 169 g/mol. The van der Waals surface area contributed by atoms with Crippen LogP contribution in [0.2, 0.25) is 0 Å². The lowest BCUT2D eigenvalue weighted by molar-refractivity contribution is -0.189. The van der Waals surface area contributed by atoms with E-state index in [-0.39, 0.29) is 11.8 Å². The zero-order valence-electron chi connectivity index (χ0n) is 6.69. The van der Waals surface area contributed by atoms with Crippen molar-refractivity contribution in [3.05, 3.63) is 0 Å². The summed E-state index contributed by atoms with van der Waals surface area (Å²) in [7, 11) is 0. The number of rotatable bonds is 0. The Hall–Kier alpha value is -0.900. The van der Waals surface area contributed by atoms with Crippen molar-refractivity contribution in [2.75, 3.05) is 0 Å². The van der Waals surface area contributed by atoms with Gasteiger partial charge < -0.3 is 0 Å². The molecule has 1 saturated heterocycles. The highest BCUT2D eigenvalue weighted by molar-refractivity contribution is 5.97. The molecule has 1 saturated carbocycles. The van der Waals surface area contributed by atoms with E-state index in [1.165, 1.54) is 0 Å². The predicted molar refractivity (Wildman–Crippen MR) is 39.1 cm³/mol. The number of amides is 2. The Morgan fingerprint density at radius 1 is 1.33 bits per heavy atom. The van der Waals surface area contributed by atoms with Crippen LogP contribution in [0, 0.1) is 11.8 Å². The molecule has 0 spiro atoms. The first-order chi connectivity index (χ1) is 5.70. The van der Waals surface area contributed by atoms with Crippen LogP contribution in [0.5, 0.6) is 0 Å². The van der Waals surface area contributed by atoms with E-state index in [4.69, 9.17) is 5.21 Å². The Bertz CT molecular complexity index is 238. The van der Waals surface area contributed by atoms with Crippen molar-refractivity contribution in [1.82, 2.24) is 5.06 Å². The molecule has 2 rings (SSSR count). The average Bonchev–Trinajstić information content (AvgIpc) is 2.48. The quantitative estimate of drug-likeness (QED) is 0.425. The van der Waals surface area contributed by atoms with Crippen molar-refractivity contribution in [3.8, 4) is 0 Å². The summed E-state index contributed by atoms with van der Waals surface area (Å²) in [4.78, 5) is 22.3. The molecule has 4 nitrogen and oxygen atoms in total. The zero-order valence-corrected chi connectivity index (χ0v) is 6.69. The van der Waals surface area contributed by atoms with Gasteiger partial charge >= 0.3 is 0 Å². The maximum absolute atomic E-state index is 11.3. The fourth-order valence-corrected chi connectivity index (χ4v) is 2.20. The van der Waals surface area contributed by atoms with Crippen LogP contribution in [0.15, 0.2) is 0 Å². The number of hydrogen-bond acceptors (Lipinski definition) is 3. The molecule has 0 aromatic carbocycles. The number of piperidine rings is 1. The minimum atomic E-state index is -0.442. The molecule has 1 aliphatic carbocycles. The van der Waals surface area contributed by atoms with Gasteiger partial charge in [-0.25, -0.2) is 0 Å². The Labute approximate surface area is 70.1 Å². The summed E-state index contributed by atoms with van der Waals surface area (Å²) < 4.78 is 0. The number of carbonyl (C=O) groups is 2. The molecule has 1 aliphatic heterocycles. The Balaban J connectivity index is 2.21. The number of hydroxylamine groups is 2. The van der Waals surface area contributed by atoms with Crippen LogP contribution in [-0.2, 0) is 9.59 Å². The predicted octanol–water partition coefficient (Wildman–Crippen LogP) is 0.551. The van der Waals surface area contributed by atoms with Crippen LogP contribution in [-0.4, -0.2) is 22.1 Å². The van der Waals surface area contributed by atoms with E-state index in [0.717, 1.165) is 19.3 Å². The van der Waals surface area contributed by atoms with Crippen molar-refractivity contribution in [3.63, 3.8) is 0 Å². The first-order valence-electron chi connectivity index (χ1n) is 4.26. The molecule has 0 aromatic heterocycles. The van der Waals surface area contributed by atoms with Gasteiger partial charge in [0.15, 0.2) is 0 Å². The maximum Gasteiger partial charge on any atom is 0.256 e. The Morgan fingerprint density at radius 2 is 2.08 bits per heavy atom. The SMILES string of the molecule is O=C1CC2CCCC2C(=O)N1O. The molecule has 2 aliphatic rings. The zero-order chi connectivity index (χ0) is 8.72. The molecule has 4 heteroatoms. The first kappa shape index (κ1) is 7.73. The second-order valence-corrected chi connectivity index (χ2v) is 3.55. The number of hydrogen-bond donors (Lipinski definition) is 1. The lowest BCUT2D eigenvalue weighted by Gasteiger charge is -2.27. The van der Waals surface area contributed by atoms with Gasteiger partial charge in [-0.3, -0.25) is 14.8 Å². The topological polar surface area (TPSA) is 57.6 Å². The van der Waals surface area contributed by atoms with Crippen LogP contribution < -0.4 is 0 Å². The molecule has 0 aromatic rings. The average molecular weight is 169 g/mol. The summed E-state index contributed by atoms with van der Waals surface area (Å²) in [5.74, 6) is -0.724. The van der Waals surface area contributed by atoms with E-state index in [0.29, 0.717) is 11.5 Å². The van der Waals surface area contributed by atoms with Crippen LogP contribution in [0.1, 0.15) is 25.7 Å². The van der Waals surface area contributed by atoms with E-state index in [1.807, 2.05) is 0 Å². The Kier molecular flexibility index (Phi) is 1.65. The van der Waals surface area contributed by atoms with Gasteiger partial charge in [0.2, 0.25) is 0 Å². The molecule has 0 bridgehead atoms. The molecular formula is C8H11NO3. The normalized spacial score (nSPS) is 35.6. The highest BCUT2D eigenvalue weighted by atomic mass is 16.5. The van der Waals surface area contributed by atoms with E-state index in [1.54, 1.807) is 0 Å². The van der Waals surface area contributed by atoms with E-state index in [9.17, 15) is 9.59 Å². The van der Waals surface area contributed by atoms with Gasteiger partial charge in [-0.15, -0.1) is 0 Å². The van der Waals surface area contributed by atoms with E-state index < -0.39 is 11.8 Å². The lowest BCUT2D eigenvalue weighted by Crippen LogP contribution is -2.45. The molecule has 1 N–H and O–H groups in total. The van der Waals surface area contributed by atoms with Crippen molar-refractivity contribution in [1.29, 1.82) is 0 Å². The highest BCUT2D eigenvalue weighted by Crippen LogP contribution is 2.38. The molecule has 2 atom stereocenters. The van der Waals surface area contributed by atoms with Crippen molar-refractivity contribution < 1.29 is 14.8 Å². The second kappa shape index (κ2) is 2.55. The lowest BCUT2D eigenvalue weighted by atomic mass is 9.88. The van der Waals surface area contributed by atoms with Gasteiger partial charge in [0.05, 0.1) is 0 Å². The van der Waals surface area contributed by atoms with Crippen molar-refractivity contribution in [2.45, 2.75) is 25.7 Å². The second-order valence-electron chi connectivity index (χ2n) is 3.55. The van der Waals surface area contributed by atoms with Crippen LogP contribution in [0.3, 0.4) is 0 Å². The highest BCUT2D eigenvalue weighted by Gasteiger charge is 2.43. The third-order valence-electron chi connectivity index (χ3n) is 2.86. The fourth-order valence-electron chi connectivity index (χ4n) is 2.20. The van der Waals surface area contributed by atoms with Gasteiger partial charge in [-0.05, 0) is 18.8 Å². The molecule has 1 heterocycles. The summed E-state index contributed by atoms with van der Waals surface area (Å²) >= 11 is 0. The molecular weight excluding hydrogens is 158 g/mol. The summed E-state index contributed by atoms with van der Waals surface area (Å²) in [5.41, 5.74) is 0. The number of carbonyl (C=O) groups excluding carboxylic acids is 2. The third kappa shape index (κ3) is 0.948. The molecule has 2 unspecified atom stereocenters. The summed E-state index contributed by atoms with van der Waals surface area (Å²) in [6.07, 6.45) is 3.12. The summed E-state index contributed by atoms with van der Waals surface area (Å²) in [6, 6.07) is 0. The fraction of sp³-hybridized carbons (Fsp3) is 0.750. The van der Waals surface area contributed by atoms with Gasteiger partial charge in [0.25, 0.3) is 11.8 Å². The smallest absolute Gasteiger partial charge is 0.256 e. The van der Waals surface area contributed by atoms with Crippen molar-refractivity contribution >= 4 is 11.8 Å². The van der Waals surface area contributed by atoms with Gasteiger partial charge in [0.1, 0.15) is 0 Å². The maximum atomic E-state index is 11.3. The minimum Gasteiger partial charge on any atom is -0.279 e. The first-order valence-corrected chi connectivity index (χ1v) is 4.26. The van der Waals surface area contributed by atoms with Gasteiger partial charge in [-0.2, -0.15) is 5.06 Å². The number of fused-ring (bicyclic) bond motifs is 1. The van der Waals surface area contributed by atoms with Crippen LogP contribution in [0.25, 0.3) is 0 Å². The van der Waals surface area contributed by atoms with Crippen LogP contribution >= 0.6 is 0 Å². The minimum absolute atomic E-state index is 0.0901. The standard InChI is InChI=1S/C8H11NO3/c10-7-4-5-2-1-3-6(5)8(11)9(7)12/h5-6,12H,1-4H2. The van der Waals surface area contributed by atoms with Gasteiger partial charge in [0, 0.05) is 12.3 Å². The van der Waals surface area contributed by atoms with Crippen LogP contribution in [0.4, 0.5) is 0 Å².